The fraction of sp³-hybridized carbons (Fsp3) is 0.375. The summed E-state index contributed by atoms with van der Waals surface area (Å²) < 4.78 is 0. The van der Waals surface area contributed by atoms with Gasteiger partial charge in [0.15, 0.2) is 5.16 Å². The number of benzene rings is 1. The van der Waals surface area contributed by atoms with E-state index in [0.717, 1.165) is 40.8 Å². The molecule has 0 spiro atoms. The van der Waals surface area contributed by atoms with Crippen molar-refractivity contribution in [2.75, 3.05) is 11.5 Å². The number of nitrogens with zero attached hydrogens (tertiary/aromatic N) is 2. The van der Waals surface area contributed by atoms with Crippen molar-refractivity contribution >= 4 is 17.4 Å². The summed E-state index contributed by atoms with van der Waals surface area (Å²) in [5, 5.41) is 0.887. The number of aryl methyl sites for hydroxylation is 3. The molecule has 0 atom stereocenters. The number of hydrogen-bond donors (Lipinski definition) is 1. The van der Waals surface area contributed by atoms with Gasteiger partial charge in [-0.1, -0.05) is 23.9 Å². The second-order valence-electron chi connectivity index (χ2n) is 5.00. The summed E-state index contributed by atoms with van der Waals surface area (Å²) in [6.07, 6.45) is 2.14. The van der Waals surface area contributed by atoms with Crippen molar-refractivity contribution in [3.05, 3.63) is 46.8 Å². The van der Waals surface area contributed by atoms with E-state index in [1.54, 1.807) is 11.8 Å². The van der Waals surface area contributed by atoms with E-state index in [2.05, 4.69) is 23.0 Å². The van der Waals surface area contributed by atoms with Gasteiger partial charge in [-0.25, -0.2) is 9.97 Å². The maximum atomic E-state index is 5.78. The van der Waals surface area contributed by atoms with Crippen molar-refractivity contribution in [2.24, 2.45) is 0 Å². The van der Waals surface area contributed by atoms with Gasteiger partial charge in [-0.2, -0.15) is 0 Å². The number of hydrogen-bond acceptors (Lipinski definition) is 4. The van der Waals surface area contributed by atoms with Crippen molar-refractivity contribution in [3.8, 4) is 0 Å². The molecule has 0 aliphatic carbocycles. The molecule has 0 unspecified atom stereocenters. The molecule has 1 heterocycles. The molecule has 0 saturated heterocycles. The van der Waals surface area contributed by atoms with Gasteiger partial charge in [-0.05, 0) is 56.9 Å². The van der Waals surface area contributed by atoms with Crippen molar-refractivity contribution in [1.82, 2.24) is 9.97 Å². The standard InChI is InChI=1S/C16H21N3S/c1-11-12(2)18-16(19-13(11)3)20-9-5-7-14-6-4-8-15(17)10-14/h4,6,8,10H,5,7,9,17H2,1-3H3. The molecule has 0 bridgehead atoms. The van der Waals surface area contributed by atoms with Crippen LogP contribution in [-0.2, 0) is 6.42 Å². The summed E-state index contributed by atoms with van der Waals surface area (Å²) in [6, 6.07) is 8.09. The summed E-state index contributed by atoms with van der Waals surface area (Å²) in [5.41, 5.74) is 11.3. The third-order valence-corrected chi connectivity index (χ3v) is 4.34. The van der Waals surface area contributed by atoms with Crippen LogP contribution in [0.5, 0.6) is 0 Å². The Labute approximate surface area is 125 Å². The van der Waals surface area contributed by atoms with Gasteiger partial charge in [0.2, 0.25) is 0 Å². The number of aromatic nitrogens is 2. The monoisotopic (exact) mass is 287 g/mol. The molecule has 1 aromatic heterocycles. The lowest BCUT2D eigenvalue weighted by atomic mass is 10.1. The molecule has 2 aromatic rings. The second-order valence-corrected chi connectivity index (χ2v) is 6.06. The van der Waals surface area contributed by atoms with E-state index >= 15 is 0 Å². The van der Waals surface area contributed by atoms with Gasteiger partial charge in [0, 0.05) is 22.8 Å². The molecule has 1 aromatic carbocycles. The molecule has 20 heavy (non-hydrogen) atoms. The highest BCUT2D eigenvalue weighted by Gasteiger charge is 2.05. The summed E-state index contributed by atoms with van der Waals surface area (Å²) in [4.78, 5) is 9.05. The molecule has 4 heteroatoms. The predicted octanol–water partition coefficient (Wildman–Crippen LogP) is 3.71. The number of nitrogens with two attached hydrogens (primary N) is 1. The Hall–Kier alpha value is -1.55. The third kappa shape index (κ3) is 3.97. The first-order valence-electron chi connectivity index (χ1n) is 6.85. The zero-order valence-electron chi connectivity index (χ0n) is 12.3. The number of rotatable bonds is 5. The summed E-state index contributed by atoms with van der Waals surface area (Å²) in [7, 11) is 0. The second kappa shape index (κ2) is 6.75. The lowest BCUT2D eigenvalue weighted by Gasteiger charge is -2.07. The Morgan fingerprint density at radius 2 is 1.80 bits per heavy atom. The van der Waals surface area contributed by atoms with Gasteiger partial charge in [-0.3, -0.25) is 0 Å². The van der Waals surface area contributed by atoms with E-state index in [9.17, 15) is 0 Å². The smallest absolute Gasteiger partial charge is 0.187 e. The van der Waals surface area contributed by atoms with Crippen molar-refractivity contribution in [1.29, 1.82) is 0 Å². The first-order chi connectivity index (χ1) is 9.56. The molecular formula is C16H21N3S. The number of thioether (sulfide) groups is 1. The fourth-order valence-corrected chi connectivity index (χ4v) is 2.87. The highest BCUT2D eigenvalue weighted by Crippen LogP contribution is 2.19. The average molecular weight is 287 g/mol. The van der Waals surface area contributed by atoms with Gasteiger partial charge in [0.1, 0.15) is 0 Å². The minimum atomic E-state index is 0.836. The van der Waals surface area contributed by atoms with Crippen LogP contribution < -0.4 is 5.73 Å². The van der Waals surface area contributed by atoms with Crippen LogP contribution in [0.1, 0.15) is 28.9 Å². The third-order valence-electron chi connectivity index (χ3n) is 3.40. The Kier molecular flexibility index (Phi) is 5.01. The molecule has 2 N–H and O–H groups in total. The van der Waals surface area contributed by atoms with Crippen LogP contribution in [0, 0.1) is 20.8 Å². The Bertz CT molecular complexity index is 573. The molecule has 3 nitrogen and oxygen atoms in total. The molecule has 106 valence electrons. The quantitative estimate of drug-likeness (QED) is 0.394. The summed E-state index contributed by atoms with van der Waals surface area (Å²) in [5.74, 6) is 1.02. The van der Waals surface area contributed by atoms with Crippen LogP contribution >= 0.6 is 11.8 Å². The molecule has 0 saturated carbocycles. The van der Waals surface area contributed by atoms with E-state index < -0.39 is 0 Å². The highest BCUT2D eigenvalue weighted by molar-refractivity contribution is 7.99. The van der Waals surface area contributed by atoms with Crippen LogP contribution in [0.3, 0.4) is 0 Å². The molecule has 2 rings (SSSR count). The normalized spacial score (nSPS) is 10.8. The molecule has 0 aliphatic heterocycles. The molecule has 0 fully saturated rings. The van der Waals surface area contributed by atoms with E-state index in [1.165, 1.54) is 11.1 Å². The topological polar surface area (TPSA) is 51.8 Å². The Balaban J connectivity index is 1.84. The van der Waals surface area contributed by atoms with E-state index in [0.29, 0.717) is 0 Å². The van der Waals surface area contributed by atoms with Gasteiger partial charge < -0.3 is 5.73 Å². The van der Waals surface area contributed by atoms with Gasteiger partial charge in [0.05, 0.1) is 0 Å². The highest BCUT2D eigenvalue weighted by atomic mass is 32.2. The molecule has 0 amide bonds. The number of anilines is 1. The number of nitrogen functional groups attached to an aromatic ring is 1. The van der Waals surface area contributed by atoms with Gasteiger partial charge >= 0.3 is 0 Å². The van der Waals surface area contributed by atoms with E-state index in [-0.39, 0.29) is 0 Å². The van der Waals surface area contributed by atoms with Gasteiger partial charge in [-0.15, -0.1) is 0 Å². The predicted molar refractivity (Wildman–Crippen MR) is 86.1 cm³/mol. The van der Waals surface area contributed by atoms with Crippen LogP contribution in [-0.4, -0.2) is 15.7 Å². The van der Waals surface area contributed by atoms with Crippen molar-refractivity contribution in [2.45, 2.75) is 38.8 Å². The first-order valence-corrected chi connectivity index (χ1v) is 7.84. The summed E-state index contributed by atoms with van der Waals surface area (Å²) in [6.45, 7) is 6.15. The first kappa shape index (κ1) is 14.9. The van der Waals surface area contributed by atoms with E-state index in [1.807, 2.05) is 32.0 Å². The Morgan fingerprint density at radius 1 is 1.10 bits per heavy atom. The van der Waals surface area contributed by atoms with E-state index in [4.69, 9.17) is 5.73 Å². The van der Waals surface area contributed by atoms with Crippen LogP contribution in [0.25, 0.3) is 0 Å². The minimum Gasteiger partial charge on any atom is -0.399 e. The molecule has 0 radical (unpaired) electrons. The fourth-order valence-electron chi connectivity index (χ4n) is 1.99. The lowest BCUT2D eigenvalue weighted by Crippen LogP contribution is -1.99. The molecular weight excluding hydrogens is 266 g/mol. The van der Waals surface area contributed by atoms with Gasteiger partial charge in [0.25, 0.3) is 0 Å². The van der Waals surface area contributed by atoms with Crippen molar-refractivity contribution < 1.29 is 0 Å². The summed E-state index contributed by atoms with van der Waals surface area (Å²) >= 11 is 1.73. The zero-order chi connectivity index (χ0) is 14.5. The van der Waals surface area contributed by atoms with Crippen LogP contribution in [0.4, 0.5) is 5.69 Å². The van der Waals surface area contributed by atoms with Crippen molar-refractivity contribution in [3.63, 3.8) is 0 Å². The minimum absolute atomic E-state index is 0.836. The maximum Gasteiger partial charge on any atom is 0.187 e. The van der Waals surface area contributed by atoms with Crippen LogP contribution in [0.2, 0.25) is 0 Å². The largest absolute Gasteiger partial charge is 0.399 e. The maximum absolute atomic E-state index is 5.78. The lowest BCUT2D eigenvalue weighted by molar-refractivity contribution is 0.872. The Morgan fingerprint density at radius 3 is 2.45 bits per heavy atom. The van der Waals surface area contributed by atoms with Crippen LogP contribution in [0.15, 0.2) is 29.4 Å². The average Bonchev–Trinajstić information content (AvgIpc) is 2.41. The molecule has 0 aliphatic rings. The zero-order valence-corrected chi connectivity index (χ0v) is 13.1. The SMILES string of the molecule is Cc1nc(SCCCc2cccc(N)c2)nc(C)c1C.